The summed E-state index contributed by atoms with van der Waals surface area (Å²) in [7, 11) is 0. The number of benzene rings is 1. The van der Waals surface area contributed by atoms with Gasteiger partial charge in [-0.25, -0.2) is 4.79 Å². The first-order valence-corrected chi connectivity index (χ1v) is 6.45. The van der Waals surface area contributed by atoms with E-state index in [0.29, 0.717) is 25.7 Å². The summed E-state index contributed by atoms with van der Waals surface area (Å²) in [5.41, 5.74) is 3.77. The molecule has 112 valence electrons. The normalized spacial score (nSPS) is 16.4. The van der Waals surface area contributed by atoms with Crippen molar-refractivity contribution < 1.29 is 19.6 Å². The highest BCUT2D eigenvalue weighted by Gasteiger charge is 2.42. The Morgan fingerprint density at radius 1 is 1.33 bits per heavy atom. The van der Waals surface area contributed by atoms with Crippen LogP contribution >= 0.6 is 0 Å². The molecule has 1 fully saturated rings. The van der Waals surface area contributed by atoms with Crippen LogP contribution in [-0.4, -0.2) is 27.4 Å². The van der Waals surface area contributed by atoms with Crippen LogP contribution in [0.2, 0.25) is 0 Å². The Morgan fingerprint density at radius 3 is 2.48 bits per heavy atom. The second-order valence-electron chi connectivity index (χ2n) is 5.08. The van der Waals surface area contributed by atoms with E-state index in [0.717, 1.165) is 6.07 Å². The van der Waals surface area contributed by atoms with E-state index >= 15 is 0 Å². The molecule has 1 amide bonds. The smallest absolute Gasteiger partial charge is 0.329 e. The molecule has 0 aliphatic heterocycles. The Bertz CT molecular complexity index is 608. The number of aliphatic carboxylic acids is 1. The van der Waals surface area contributed by atoms with Crippen LogP contribution in [0.5, 0.6) is 0 Å². The van der Waals surface area contributed by atoms with Gasteiger partial charge in [-0.05, 0) is 25.0 Å². The monoisotopic (exact) mass is 293 g/mol. The van der Waals surface area contributed by atoms with Crippen LogP contribution in [0, 0.1) is 10.1 Å². The quantitative estimate of drug-likeness (QED) is 0.435. The van der Waals surface area contributed by atoms with Crippen molar-refractivity contribution in [3.05, 3.63) is 33.9 Å². The Morgan fingerprint density at radius 2 is 1.95 bits per heavy atom. The predicted molar refractivity (Wildman–Crippen MR) is 73.8 cm³/mol. The van der Waals surface area contributed by atoms with Crippen molar-refractivity contribution in [1.82, 2.24) is 5.32 Å². The van der Waals surface area contributed by atoms with E-state index in [1.54, 1.807) is 0 Å². The summed E-state index contributed by atoms with van der Waals surface area (Å²) in [4.78, 5) is 33.7. The molecule has 0 saturated heterocycles. The van der Waals surface area contributed by atoms with Gasteiger partial charge in [0, 0.05) is 11.6 Å². The van der Waals surface area contributed by atoms with Crippen molar-refractivity contribution in [3.63, 3.8) is 0 Å². The first-order chi connectivity index (χ1) is 9.85. The van der Waals surface area contributed by atoms with Crippen LogP contribution in [0.4, 0.5) is 11.4 Å². The number of nitrogens with two attached hydrogens (primary N) is 1. The van der Waals surface area contributed by atoms with Crippen molar-refractivity contribution >= 4 is 23.3 Å². The number of anilines is 1. The van der Waals surface area contributed by atoms with Crippen LogP contribution in [0.3, 0.4) is 0 Å². The molecule has 0 spiro atoms. The van der Waals surface area contributed by atoms with Gasteiger partial charge >= 0.3 is 5.97 Å². The van der Waals surface area contributed by atoms with Gasteiger partial charge in [0.15, 0.2) is 0 Å². The van der Waals surface area contributed by atoms with Crippen molar-refractivity contribution in [2.75, 3.05) is 5.73 Å². The molecule has 4 N–H and O–H groups in total. The largest absolute Gasteiger partial charge is 0.480 e. The number of nitrogen functional groups attached to an aromatic ring is 1. The summed E-state index contributed by atoms with van der Waals surface area (Å²) < 4.78 is 0. The SMILES string of the molecule is Nc1ccc(C(=O)NC2(C(=O)O)CCCC2)cc1[N+](=O)[O-]. The van der Waals surface area contributed by atoms with Gasteiger partial charge in [-0.3, -0.25) is 14.9 Å². The molecule has 1 aromatic carbocycles. The third kappa shape index (κ3) is 2.78. The predicted octanol–water partition coefficient (Wildman–Crippen LogP) is 1.30. The lowest BCUT2D eigenvalue weighted by molar-refractivity contribution is -0.383. The molecule has 8 heteroatoms. The van der Waals surface area contributed by atoms with Crippen LogP contribution in [0.15, 0.2) is 18.2 Å². The lowest BCUT2D eigenvalue weighted by Crippen LogP contribution is -2.52. The second kappa shape index (κ2) is 5.39. The van der Waals surface area contributed by atoms with Crippen LogP contribution in [-0.2, 0) is 4.79 Å². The Balaban J connectivity index is 2.26. The third-order valence-electron chi connectivity index (χ3n) is 3.71. The molecule has 0 heterocycles. The zero-order valence-electron chi connectivity index (χ0n) is 11.2. The number of carboxylic acid groups (broad SMARTS) is 1. The minimum Gasteiger partial charge on any atom is -0.480 e. The summed E-state index contributed by atoms with van der Waals surface area (Å²) in [6.07, 6.45) is 2.14. The average Bonchev–Trinajstić information content (AvgIpc) is 2.88. The Hall–Kier alpha value is -2.64. The van der Waals surface area contributed by atoms with Crippen molar-refractivity contribution in [2.24, 2.45) is 0 Å². The van der Waals surface area contributed by atoms with Crippen LogP contribution < -0.4 is 11.1 Å². The van der Waals surface area contributed by atoms with E-state index in [-0.39, 0.29) is 16.9 Å². The van der Waals surface area contributed by atoms with Gasteiger partial charge in [0.05, 0.1) is 4.92 Å². The van der Waals surface area contributed by atoms with Gasteiger partial charge in [-0.1, -0.05) is 12.8 Å². The number of nitrogens with one attached hydrogen (secondary N) is 1. The van der Waals surface area contributed by atoms with Gasteiger partial charge in [-0.2, -0.15) is 0 Å². The number of carbonyl (C=O) groups excluding carboxylic acids is 1. The molecule has 0 radical (unpaired) electrons. The zero-order valence-corrected chi connectivity index (χ0v) is 11.2. The molecule has 8 nitrogen and oxygen atoms in total. The fourth-order valence-electron chi connectivity index (χ4n) is 2.50. The lowest BCUT2D eigenvalue weighted by atomic mass is 9.97. The van der Waals surface area contributed by atoms with Crippen LogP contribution in [0.25, 0.3) is 0 Å². The minimum atomic E-state index is -1.28. The maximum atomic E-state index is 12.2. The highest BCUT2D eigenvalue weighted by atomic mass is 16.6. The molecular formula is C13H15N3O5. The topological polar surface area (TPSA) is 136 Å². The van der Waals surface area contributed by atoms with Gasteiger partial charge < -0.3 is 16.2 Å². The summed E-state index contributed by atoms with van der Waals surface area (Å²) in [5, 5.41) is 22.6. The first kappa shape index (κ1) is 14.8. The van der Waals surface area contributed by atoms with E-state index in [1.807, 2.05) is 0 Å². The van der Waals surface area contributed by atoms with E-state index in [2.05, 4.69) is 5.32 Å². The fraction of sp³-hybridized carbons (Fsp3) is 0.385. The number of nitro benzene ring substituents is 1. The van der Waals surface area contributed by atoms with Crippen LogP contribution in [0.1, 0.15) is 36.0 Å². The number of hydrogen-bond acceptors (Lipinski definition) is 5. The molecule has 21 heavy (non-hydrogen) atoms. The Labute approximate surface area is 120 Å². The number of hydrogen-bond donors (Lipinski definition) is 3. The van der Waals surface area contributed by atoms with Gasteiger partial charge in [-0.15, -0.1) is 0 Å². The summed E-state index contributed by atoms with van der Waals surface area (Å²) in [6, 6.07) is 3.65. The van der Waals surface area contributed by atoms with Crippen molar-refractivity contribution in [2.45, 2.75) is 31.2 Å². The molecule has 0 bridgehead atoms. The molecule has 1 saturated carbocycles. The third-order valence-corrected chi connectivity index (χ3v) is 3.71. The summed E-state index contributed by atoms with van der Waals surface area (Å²) in [5.74, 6) is -1.74. The van der Waals surface area contributed by atoms with Gasteiger partial charge in [0.25, 0.3) is 11.6 Å². The van der Waals surface area contributed by atoms with Gasteiger partial charge in [0.1, 0.15) is 11.2 Å². The lowest BCUT2D eigenvalue weighted by Gasteiger charge is -2.25. The van der Waals surface area contributed by atoms with E-state index in [9.17, 15) is 24.8 Å². The molecule has 0 atom stereocenters. The number of carboxylic acids is 1. The van der Waals surface area contributed by atoms with E-state index < -0.39 is 22.3 Å². The van der Waals surface area contributed by atoms with Gasteiger partial charge in [0.2, 0.25) is 0 Å². The van der Waals surface area contributed by atoms with E-state index in [1.165, 1.54) is 12.1 Å². The standard InChI is InChI=1S/C13H15N3O5/c14-9-4-3-8(7-10(9)16(20)21)11(17)15-13(12(18)19)5-1-2-6-13/h3-4,7H,1-2,5-6,14H2,(H,15,17)(H,18,19). The number of nitrogens with zero attached hydrogens (tertiary/aromatic N) is 1. The summed E-state index contributed by atoms with van der Waals surface area (Å²) in [6.45, 7) is 0. The zero-order chi connectivity index (χ0) is 15.6. The second-order valence-corrected chi connectivity index (χ2v) is 5.08. The van der Waals surface area contributed by atoms with E-state index in [4.69, 9.17) is 5.73 Å². The van der Waals surface area contributed by atoms with Crippen molar-refractivity contribution in [1.29, 1.82) is 0 Å². The van der Waals surface area contributed by atoms with Crippen molar-refractivity contribution in [3.8, 4) is 0 Å². The molecule has 1 aliphatic carbocycles. The molecular weight excluding hydrogens is 278 g/mol. The molecule has 1 aromatic rings. The first-order valence-electron chi connectivity index (χ1n) is 6.45. The number of rotatable bonds is 4. The molecule has 1 aliphatic rings. The number of amides is 1. The Kier molecular flexibility index (Phi) is 3.79. The summed E-state index contributed by atoms with van der Waals surface area (Å²) >= 11 is 0. The fourth-order valence-corrected chi connectivity index (χ4v) is 2.50. The molecule has 2 rings (SSSR count). The minimum absolute atomic E-state index is 0.0171. The number of nitro groups is 1. The maximum absolute atomic E-state index is 12.2. The maximum Gasteiger partial charge on any atom is 0.329 e. The highest BCUT2D eigenvalue weighted by Crippen LogP contribution is 2.30. The highest BCUT2D eigenvalue weighted by molar-refractivity contribution is 5.99. The number of carbonyl (C=O) groups is 2. The average molecular weight is 293 g/mol. The molecule has 0 unspecified atom stereocenters. The molecule has 0 aromatic heterocycles.